The number of amides is 1. The molecule has 2 aromatic carbocycles. The molecule has 0 aliphatic rings. The number of imidazole rings is 1. The summed E-state index contributed by atoms with van der Waals surface area (Å²) in [5.74, 6) is 1.94. The van der Waals surface area contributed by atoms with Crippen molar-refractivity contribution in [1.82, 2.24) is 14.9 Å². The number of para-hydroxylation sites is 2. The molecule has 1 unspecified atom stereocenters. The lowest BCUT2D eigenvalue weighted by atomic mass is 10.1. The number of nitrogens with one attached hydrogen (secondary N) is 1. The lowest BCUT2D eigenvalue weighted by Crippen LogP contribution is -2.26. The lowest BCUT2D eigenvalue weighted by Gasteiger charge is -2.14. The van der Waals surface area contributed by atoms with E-state index in [1.54, 1.807) is 0 Å². The molecular formula is C25H33N3O. The van der Waals surface area contributed by atoms with Crippen LogP contribution in [0, 0.1) is 5.92 Å². The molecule has 4 nitrogen and oxygen atoms in total. The van der Waals surface area contributed by atoms with Crippen molar-refractivity contribution in [3.8, 4) is 0 Å². The third-order valence-corrected chi connectivity index (χ3v) is 5.53. The first-order valence-corrected chi connectivity index (χ1v) is 10.9. The summed E-state index contributed by atoms with van der Waals surface area (Å²) in [4.78, 5) is 16.9. The van der Waals surface area contributed by atoms with E-state index < -0.39 is 0 Å². The van der Waals surface area contributed by atoms with Gasteiger partial charge >= 0.3 is 0 Å². The monoisotopic (exact) mass is 391 g/mol. The quantitative estimate of drug-likeness (QED) is 0.459. The average Bonchev–Trinajstić information content (AvgIpc) is 3.08. The molecule has 0 aliphatic heterocycles. The summed E-state index contributed by atoms with van der Waals surface area (Å²) in [6.45, 7) is 6.32. The highest BCUT2D eigenvalue weighted by Crippen LogP contribution is 2.20. The molecule has 0 saturated heterocycles. The van der Waals surface area contributed by atoms with E-state index in [9.17, 15) is 4.79 Å². The largest absolute Gasteiger partial charge is 0.356 e. The Morgan fingerprint density at radius 3 is 2.59 bits per heavy atom. The number of aromatic nitrogens is 2. The van der Waals surface area contributed by atoms with Gasteiger partial charge in [-0.1, -0.05) is 69.2 Å². The van der Waals surface area contributed by atoms with E-state index in [-0.39, 0.29) is 5.91 Å². The number of hydrogen-bond donors (Lipinski definition) is 1. The topological polar surface area (TPSA) is 46.9 Å². The molecule has 3 rings (SSSR count). The van der Waals surface area contributed by atoms with Gasteiger partial charge in [0.25, 0.3) is 0 Å². The lowest BCUT2D eigenvalue weighted by molar-refractivity contribution is -0.120. The summed E-state index contributed by atoms with van der Waals surface area (Å²) in [6.07, 6.45) is 5.82. The fourth-order valence-electron chi connectivity index (χ4n) is 3.62. The van der Waals surface area contributed by atoms with Crippen molar-refractivity contribution in [2.75, 3.05) is 6.54 Å². The van der Waals surface area contributed by atoms with Crippen LogP contribution in [-0.4, -0.2) is 22.0 Å². The predicted molar refractivity (Wildman–Crippen MR) is 120 cm³/mol. The number of fused-ring (bicyclic) bond motifs is 1. The van der Waals surface area contributed by atoms with Gasteiger partial charge in [-0.25, -0.2) is 4.98 Å². The SMILES string of the molecule is CCC(C)Cn1c(CCCCCNC(=O)Cc2ccccc2)nc2ccccc21. The van der Waals surface area contributed by atoms with Gasteiger partial charge < -0.3 is 9.88 Å². The van der Waals surface area contributed by atoms with E-state index in [0.717, 1.165) is 49.9 Å². The van der Waals surface area contributed by atoms with Gasteiger partial charge in [0.1, 0.15) is 5.82 Å². The van der Waals surface area contributed by atoms with Crippen LogP contribution >= 0.6 is 0 Å². The number of carbonyl (C=O) groups excluding carboxylic acids is 1. The molecule has 0 radical (unpaired) electrons. The molecule has 0 spiro atoms. The van der Waals surface area contributed by atoms with Crippen molar-refractivity contribution in [3.05, 3.63) is 66.0 Å². The van der Waals surface area contributed by atoms with Crippen LogP contribution in [0.2, 0.25) is 0 Å². The fraction of sp³-hybridized carbons (Fsp3) is 0.440. The molecule has 1 aromatic heterocycles. The van der Waals surface area contributed by atoms with Crippen LogP contribution in [0.3, 0.4) is 0 Å². The Bertz CT molecular complexity index is 901. The molecule has 154 valence electrons. The molecule has 0 bridgehead atoms. The first kappa shape index (κ1) is 21.1. The van der Waals surface area contributed by atoms with E-state index in [1.165, 1.54) is 17.8 Å². The van der Waals surface area contributed by atoms with E-state index >= 15 is 0 Å². The zero-order chi connectivity index (χ0) is 20.5. The predicted octanol–water partition coefficient (Wildman–Crippen LogP) is 5.15. The number of benzene rings is 2. The number of unbranched alkanes of at least 4 members (excludes halogenated alkanes) is 2. The molecule has 1 atom stereocenters. The molecule has 0 saturated carbocycles. The van der Waals surface area contributed by atoms with Crippen molar-refractivity contribution in [1.29, 1.82) is 0 Å². The maximum atomic E-state index is 12.0. The Morgan fingerprint density at radius 2 is 1.79 bits per heavy atom. The molecule has 1 heterocycles. The van der Waals surface area contributed by atoms with E-state index in [2.05, 4.69) is 48.0 Å². The Kier molecular flexibility index (Phi) is 7.85. The summed E-state index contributed by atoms with van der Waals surface area (Å²) in [6, 6.07) is 18.3. The van der Waals surface area contributed by atoms with E-state index in [0.29, 0.717) is 12.3 Å². The summed E-state index contributed by atoms with van der Waals surface area (Å²) in [7, 11) is 0. The van der Waals surface area contributed by atoms with Gasteiger partial charge in [0, 0.05) is 19.5 Å². The van der Waals surface area contributed by atoms with Gasteiger partial charge in [-0.15, -0.1) is 0 Å². The number of hydrogen-bond acceptors (Lipinski definition) is 2. The average molecular weight is 392 g/mol. The molecule has 3 aromatic rings. The summed E-state index contributed by atoms with van der Waals surface area (Å²) in [5, 5.41) is 3.04. The first-order chi connectivity index (χ1) is 14.2. The summed E-state index contributed by atoms with van der Waals surface area (Å²) >= 11 is 0. The van der Waals surface area contributed by atoms with Gasteiger partial charge in [0.15, 0.2) is 0 Å². The molecule has 29 heavy (non-hydrogen) atoms. The zero-order valence-corrected chi connectivity index (χ0v) is 17.7. The van der Waals surface area contributed by atoms with Crippen LogP contribution in [0.5, 0.6) is 0 Å². The minimum absolute atomic E-state index is 0.103. The smallest absolute Gasteiger partial charge is 0.224 e. The van der Waals surface area contributed by atoms with Crippen molar-refractivity contribution >= 4 is 16.9 Å². The standard InChI is InChI=1S/C25H33N3O/c1-3-20(2)19-28-23-15-10-9-14-22(23)27-24(28)16-8-5-11-17-26-25(29)18-21-12-6-4-7-13-21/h4,6-7,9-10,12-15,20H,3,5,8,11,16-19H2,1-2H3,(H,26,29). The van der Waals surface area contributed by atoms with Crippen LogP contribution in [0.1, 0.15) is 50.9 Å². The Hall–Kier alpha value is -2.62. The van der Waals surface area contributed by atoms with Crippen LogP contribution in [0.15, 0.2) is 54.6 Å². The van der Waals surface area contributed by atoms with Crippen LogP contribution in [-0.2, 0) is 24.2 Å². The van der Waals surface area contributed by atoms with Gasteiger partial charge in [-0.3, -0.25) is 4.79 Å². The van der Waals surface area contributed by atoms with Gasteiger partial charge in [0.2, 0.25) is 5.91 Å². The first-order valence-electron chi connectivity index (χ1n) is 10.9. The molecule has 1 N–H and O–H groups in total. The highest BCUT2D eigenvalue weighted by atomic mass is 16.1. The van der Waals surface area contributed by atoms with E-state index in [1.807, 2.05) is 30.3 Å². The van der Waals surface area contributed by atoms with E-state index in [4.69, 9.17) is 4.98 Å². The van der Waals surface area contributed by atoms with Crippen LogP contribution in [0.4, 0.5) is 0 Å². The van der Waals surface area contributed by atoms with Gasteiger partial charge in [-0.2, -0.15) is 0 Å². The second-order valence-electron chi connectivity index (χ2n) is 7.96. The van der Waals surface area contributed by atoms with Crippen molar-refractivity contribution in [3.63, 3.8) is 0 Å². The second-order valence-corrected chi connectivity index (χ2v) is 7.96. The fourth-order valence-corrected chi connectivity index (χ4v) is 3.62. The molecular weight excluding hydrogens is 358 g/mol. The number of carbonyl (C=O) groups is 1. The normalized spacial score (nSPS) is 12.2. The van der Waals surface area contributed by atoms with Crippen molar-refractivity contribution in [2.45, 2.75) is 58.9 Å². The maximum Gasteiger partial charge on any atom is 0.224 e. The van der Waals surface area contributed by atoms with Gasteiger partial charge in [0.05, 0.1) is 17.5 Å². The van der Waals surface area contributed by atoms with Crippen molar-refractivity contribution in [2.24, 2.45) is 5.92 Å². The molecule has 4 heteroatoms. The van der Waals surface area contributed by atoms with Crippen molar-refractivity contribution < 1.29 is 4.79 Å². The number of aryl methyl sites for hydroxylation is 1. The Morgan fingerprint density at radius 1 is 1.03 bits per heavy atom. The Balaban J connectivity index is 1.44. The molecule has 1 amide bonds. The van der Waals surface area contributed by atoms with Crippen LogP contribution < -0.4 is 5.32 Å². The zero-order valence-electron chi connectivity index (χ0n) is 17.7. The maximum absolute atomic E-state index is 12.0. The third kappa shape index (κ3) is 6.18. The minimum Gasteiger partial charge on any atom is -0.356 e. The molecule has 0 aliphatic carbocycles. The summed E-state index contributed by atoms with van der Waals surface area (Å²) in [5.41, 5.74) is 3.40. The highest BCUT2D eigenvalue weighted by Gasteiger charge is 2.12. The minimum atomic E-state index is 0.103. The van der Waals surface area contributed by atoms with Gasteiger partial charge in [-0.05, 0) is 36.5 Å². The highest BCUT2D eigenvalue weighted by molar-refractivity contribution is 5.78. The third-order valence-electron chi connectivity index (χ3n) is 5.53. The number of nitrogens with zero attached hydrogens (tertiary/aromatic N) is 2. The Labute approximate surface area is 174 Å². The second kappa shape index (κ2) is 10.8. The molecule has 0 fully saturated rings. The van der Waals surface area contributed by atoms with Crippen LogP contribution in [0.25, 0.3) is 11.0 Å². The number of rotatable bonds is 11. The summed E-state index contributed by atoms with van der Waals surface area (Å²) < 4.78 is 2.41.